The first kappa shape index (κ1) is 19.8. The first-order chi connectivity index (χ1) is 13.9. The van der Waals surface area contributed by atoms with Crippen LogP contribution in [-0.4, -0.2) is 50.7 Å². The lowest BCUT2D eigenvalue weighted by Crippen LogP contribution is -2.42. The summed E-state index contributed by atoms with van der Waals surface area (Å²) in [7, 11) is 1.68. The van der Waals surface area contributed by atoms with E-state index in [0.29, 0.717) is 5.92 Å². The standard InChI is InChI=1S/C22H31N5O2/c1-15(2)7-10-27-14-16(13-23-27)17-5-6-18(29-4)20-19(17)24-21(25-20)26-11-8-22(3,28)9-12-26/h5-6,13-15,28H,7-12H2,1-4H3,(H,24,25). The number of aromatic nitrogens is 4. The van der Waals surface area contributed by atoms with Gasteiger partial charge in [0.1, 0.15) is 16.8 Å². The van der Waals surface area contributed by atoms with E-state index in [4.69, 9.17) is 9.72 Å². The van der Waals surface area contributed by atoms with Crippen LogP contribution in [-0.2, 0) is 6.54 Å². The van der Waals surface area contributed by atoms with Crippen molar-refractivity contribution in [2.24, 2.45) is 5.92 Å². The molecule has 1 fully saturated rings. The number of rotatable bonds is 6. The van der Waals surface area contributed by atoms with Gasteiger partial charge in [-0.2, -0.15) is 5.10 Å². The first-order valence-electron chi connectivity index (χ1n) is 10.4. The van der Waals surface area contributed by atoms with Crippen LogP contribution < -0.4 is 9.64 Å². The summed E-state index contributed by atoms with van der Waals surface area (Å²) in [4.78, 5) is 10.6. The van der Waals surface area contributed by atoms with Gasteiger partial charge >= 0.3 is 0 Å². The number of ether oxygens (including phenoxy) is 1. The van der Waals surface area contributed by atoms with Gasteiger partial charge in [-0.15, -0.1) is 0 Å². The van der Waals surface area contributed by atoms with E-state index in [2.05, 4.69) is 41.1 Å². The van der Waals surface area contributed by atoms with Crippen LogP contribution in [0.5, 0.6) is 5.75 Å². The second-order valence-corrected chi connectivity index (χ2v) is 8.76. The Bertz CT molecular complexity index is 978. The van der Waals surface area contributed by atoms with Crippen LogP contribution in [0.15, 0.2) is 24.5 Å². The van der Waals surface area contributed by atoms with E-state index < -0.39 is 5.60 Å². The van der Waals surface area contributed by atoms with E-state index in [1.165, 1.54) is 0 Å². The Labute approximate surface area is 171 Å². The molecule has 1 aliphatic rings. The fourth-order valence-corrected chi connectivity index (χ4v) is 3.82. The fourth-order valence-electron chi connectivity index (χ4n) is 3.82. The highest BCUT2D eigenvalue weighted by molar-refractivity contribution is 5.96. The maximum Gasteiger partial charge on any atom is 0.203 e. The van der Waals surface area contributed by atoms with E-state index in [1.54, 1.807) is 7.11 Å². The third-order valence-corrected chi connectivity index (χ3v) is 5.83. The van der Waals surface area contributed by atoms with E-state index in [-0.39, 0.29) is 0 Å². The quantitative estimate of drug-likeness (QED) is 0.661. The zero-order valence-electron chi connectivity index (χ0n) is 17.8. The predicted molar refractivity (Wildman–Crippen MR) is 115 cm³/mol. The monoisotopic (exact) mass is 397 g/mol. The van der Waals surface area contributed by atoms with Gasteiger partial charge in [0.25, 0.3) is 0 Å². The Hall–Kier alpha value is -2.54. The van der Waals surface area contributed by atoms with Crippen LogP contribution in [0.3, 0.4) is 0 Å². The number of nitrogens with zero attached hydrogens (tertiary/aromatic N) is 4. The van der Waals surface area contributed by atoms with Crippen LogP contribution in [0.1, 0.15) is 40.0 Å². The molecule has 0 amide bonds. The van der Waals surface area contributed by atoms with E-state index >= 15 is 0 Å². The number of aromatic amines is 1. The second-order valence-electron chi connectivity index (χ2n) is 8.76. The molecule has 29 heavy (non-hydrogen) atoms. The number of fused-ring (bicyclic) bond motifs is 1. The Morgan fingerprint density at radius 1 is 1.28 bits per heavy atom. The number of piperidine rings is 1. The Kier molecular flexibility index (Phi) is 5.25. The molecule has 7 nitrogen and oxygen atoms in total. The molecule has 0 saturated carbocycles. The fraction of sp³-hybridized carbons (Fsp3) is 0.545. The van der Waals surface area contributed by atoms with Crippen molar-refractivity contribution >= 4 is 17.0 Å². The smallest absolute Gasteiger partial charge is 0.203 e. The largest absolute Gasteiger partial charge is 0.494 e. The lowest BCUT2D eigenvalue weighted by atomic mass is 9.94. The van der Waals surface area contributed by atoms with Gasteiger partial charge in [-0.3, -0.25) is 4.68 Å². The zero-order valence-corrected chi connectivity index (χ0v) is 17.8. The van der Waals surface area contributed by atoms with Crippen molar-refractivity contribution in [1.29, 1.82) is 0 Å². The highest BCUT2D eigenvalue weighted by Crippen LogP contribution is 2.35. The molecule has 0 spiro atoms. The van der Waals surface area contributed by atoms with Crippen molar-refractivity contribution in [1.82, 2.24) is 19.7 Å². The maximum atomic E-state index is 10.2. The van der Waals surface area contributed by atoms with Gasteiger partial charge in [0.2, 0.25) is 5.95 Å². The molecule has 0 aliphatic carbocycles. The summed E-state index contributed by atoms with van der Waals surface area (Å²) in [5.74, 6) is 2.25. The lowest BCUT2D eigenvalue weighted by molar-refractivity contribution is 0.0349. The van der Waals surface area contributed by atoms with E-state index in [1.807, 2.05) is 23.9 Å². The van der Waals surface area contributed by atoms with Crippen molar-refractivity contribution < 1.29 is 9.84 Å². The van der Waals surface area contributed by atoms with Crippen molar-refractivity contribution in [2.75, 3.05) is 25.1 Å². The Balaban J connectivity index is 1.68. The highest BCUT2D eigenvalue weighted by Gasteiger charge is 2.29. The van der Waals surface area contributed by atoms with Crippen LogP contribution in [0.2, 0.25) is 0 Å². The first-order valence-corrected chi connectivity index (χ1v) is 10.4. The molecule has 4 rings (SSSR count). The minimum atomic E-state index is -0.587. The van der Waals surface area contributed by atoms with Crippen LogP contribution in [0.25, 0.3) is 22.2 Å². The van der Waals surface area contributed by atoms with Gasteiger partial charge in [0, 0.05) is 37.0 Å². The number of hydrogen-bond donors (Lipinski definition) is 2. The van der Waals surface area contributed by atoms with Gasteiger partial charge in [-0.1, -0.05) is 13.8 Å². The minimum absolute atomic E-state index is 0.587. The second kappa shape index (κ2) is 7.71. The van der Waals surface area contributed by atoms with Crippen LogP contribution in [0, 0.1) is 5.92 Å². The topological polar surface area (TPSA) is 79.2 Å². The van der Waals surface area contributed by atoms with Crippen molar-refractivity contribution in [3.8, 4) is 16.9 Å². The van der Waals surface area contributed by atoms with Crippen molar-refractivity contribution in [3.63, 3.8) is 0 Å². The molecule has 2 aromatic heterocycles. The third kappa shape index (κ3) is 4.10. The van der Waals surface area contributed by atoms with Crippen LogP contribution >= 0.6 is 0 Å². The normalized spacial score (nSPS) is 16.7. The van der Waals surface area contributed by atoms with Gasteiger partial charge < -0.3 is 19.7 Å². The molecule has 156 valence electrons. The molecule has 0 bridgehead atoms. The summed E-state index contributed by atoms with van der Waals surface area (Å²) >= 11 is 0. The molecule has 0 unspecified atom stereocenters. The number of H-pyrrole nitrogens is 1. The lowest BCUT2D eigenvalue weighted by Gasteiger charge is -2.35. The number of nitrogens with one attached hydrogen (secondary N) is 1. The summed E-state index contributed by atoms with van der Waals surface area (Å²) in [6.07, 6.45) is 6.57. The number of methoxy groups -OCH3 is 1. The molecule has 1 aromatic carbocycles. The SMILES string of the molecule is COc1ccc(-c2cnn(CCC(C)C)c2)c2nc(N3CCC(C)(O)CC3)[nH]c12. The van der Waals surface area contributed by atoms with Gasteiger partial charge in [-0.05, 0) is 44.2 Å². The minimum Gasteiger partial charge on any atom is -0.494 e. The maximum absolute atomic E-state index is 10.2. The zero-order chi connectivity index (χ0) is 20.6. The van der Waals surface area contributed by atoms with Crippen molar-refractivity contribution in [2.45, 2.75) is 52.2 Å². The summed E-state index contributed by atoms with van der Waals surface area (Å²) < 4.78 is 7.58. The molecule has 0 radical (unpaired) electrons. The molecule has 3 heterocycles. The van der Waals surface area contributed by atoms with E-state index in [0.717, 1.165) is 72.8 Å². The number of hydrogen-bond acceptors (Lipinski definition) is 5. The summed E-state index contributed by atoms with van der Waals surface area (Å²) in [5.41, 5.74) is 3.30. The van der Waals surface area contributed by atoms with Gasteiger partial charge in [0.05, 0.1) is 18.9 Å². The molecule has 3 aromatic rings. The number of aryl methyl sites for hydroxylation is 1. The number of aliphatic hydroxyl groups is 1. The number of imidazole rings is 1. The molecular weight excluding hydrogens is 366 g/mol. The third-order valence-electron chi connectivity index (χ3n) is 5.83. The number of benzene rings is 1. The summed E-state index contributed by atoms with van der Waals surface area (Å²) in [5, 5.41) is 14.8. The van der Waals surface area contributed by atoms with Gasteiger partial charge in [0.15, 0.2) is 0 Å². The average Bonchev–Trinajstić information content (AvgIpc) is 3.33. The molecular formula is C22H31N5O2. The van der Waals surface area contributed by atoms with Crippen molar-refractivity contribution in [3.05, 3.63) is 24.5 Å². The molecule has 1 aliphatic heterocycles. The highest BCUT2D eigenvalue weighted by atomic mass is 16.5. The summed E-state index contributed by atoms with van der Waals surface area (Å²) in [6, 6.07) is 4.03. The molecule has 2 N–H and O–H groups in total. The van der Waals surface area contributed by atoms with E-state index in [9.17, 15) is 5.11 Å². The number of anilines is 1. The Morgan fingerprint density at radius 3 is 2.72 bits per heavy atom. The molecule has 1 saturated heterocycles. The predicted octanol–water partition coefficient (Wildman–Crippen LogP) is 3.83. The summed E-state index contributed by atoms with van der Waals surface area (Å²) in [6.45, 7) is 8.82. The average molecular weight is 398 g/mol. The molecule has 0 atom stereocenters. The van der Waals surface area contributed by atoms with Crippen LogP contribution in [0.4, 0.5) is 5.95 Å². The molecule has 7 heteroatoms. The Morgan fingerprint density at radius 2 is 2.03 bits per heavy atom. The van der Waals surface area contributed by atoms with Gasteiger partial charge in [-0.25, -0.2) is 4.98 Å².